The maximum absolute atomic E-state index is 12.9. The van der Waals surface area contributed by atoms with Gasteiger partial charge in [0, 0.05) is 24.4 Å². The molecule has 1 amide bonds. The first-order valence-corrected chi connectivity index (χ1v) is 16.2. The first-order valence-electron chi connectivity index (χ1n) is 14.8. The van der Waals surface area contributed by atoms with Crippen LogP contribution in [-0.4, -0.2) is 39.8 Å². The number of carbonyl (C=O) groups is 1. The molecule has 1 heterocycles. The summed E-state index contributed by atoms with van der Waals surface area (Å²) in [5.41, 5.74) is 5.24. The lowest BCUT2D eigenvalue weighted by Gasteiger charge is -2.13. The molecule has 226 valence electrons. The molecule has 1 atom stereocenters. The van der Waals surface area contributed by atoms with E-state index >= 15 is 0 Å². The van der Waals surface area contributed by atoms with Crippen LogP contribution in [0.5, 0.6) is 5.75 Å². The molecular formula is C35H41N3O4S. The van der Waals surface area contributed by atoms with E-state index in [1.165, 1.54) is 0 Å². The second-order valence-corrected chi connectivity index (χ2v) is 11.8. The fourth-order valence-corrected chi connectivity index (χ4v) is 5.60. The number of benzene rings is 3. The second-order valence-electron chi connectivity index (χ2n) is 10.3. The molecule has 0 saturated carbocycles. The van der Waals surface area contributed by atoms with Gasteiger partial charge < -0.3 is 23.9 Å². The fraction of sp³-hybridized carbons (Fsp3) is 0.314. The van der Waals surface area contributed by atoms with E-state index in [9.17, 15) is 9.35 Å². The molecule has 0 spiro atoms. The predicted molar refractivity (Wildman–Crippen MR) is 174 cm³/mol. The van der Waals surface area contributed by atoms with Crippen LogP contribution >= 0.6 is 0 Å². The fourth-order valence-electron chi connectivity index (χ4n) is 4.48. The van der Waals surface area contributed by atoms with Gasteiger partial charge in [-0.1, -0.05) is 50.6 Å². The number of aromatic nitrogens is 2. The molecule has 0 bridgehead atoms. The van der Waals surface area contributed by atoms with E-state index in [4.69, 9.17) is 9.47 Å². The SMILES string of the molecule is CCCCOCCOc1ccc(-c2cccc(/C=C(\C)C(=O)Nc3ccc([S+]([O-])Cc4cncn4CCC)cc3)c2)cc1. The maximum Gasteiger partial charge on any atom is 0.251 e. The Hall–Kier alpha value is -3.85. The van der Waals surface area contributed by atoms with E-state index < -0.39 is 11.2 Å². The van der Waals surface area contributed by atoms with Gasteiger partial charge in [0.15, 0.2) is 10.6 Å². The zero-order valence-electron chi connectivity index (χ0n) is 25.3. The zero-order valence-corrected chi connectivity index (χ0v) is 26.1. The Morgan fingerprint density at radius 3 is 2.51 bits per heavy atom. The number of amides is 1. The molecule has 1 aromatic heterocycles. The third kappa shape index (κ3) is 9.85. The number of unbranched alkanes of at least 4 members (excludes halogenated alkanes) is 1. The molecule has 0 radical (unpaired) electrons. The number of carbonyl (C=O) groups excluding carboxylic acids is 1. The Labute approximate surface area is 258 Å². The van der Waals surface area contributed by atoms with Crippen LogP contribution in [0, 0.1) is 0 Å². The third-order valence-electron chi connectivity index (χ3n) is 6.87. The number of nitrogens with zero attached hydrogens (tertiary/aromatic N) is 2. The number of aryl methyl sites for hydroxylation is 1. The average molecular weight is 600 g/mol. The van der Waals surface area contributed by atoms with Crippen molar-refractivity contribution in [3.8, 4) is 16.9 Å². The standard InChI is InChI=1S/C35H41N3O4S/c1-4-6-19-41-20-21-42-33-14-10-29(11-15-33)30-9-7-8-28(23-30)22-27(3)35(39)37-31-12-16-34(17-13-31)43(40)25-32-24-36-26-38(32)18-5-2/h7-17,22-24,26H,4-6,18-21,25H2,1-3H3,(H,37,39)/b27-22+. The van der Waals surface area contributed by atoms with E-state index in [2.05, 4.69) is 30.2 Å². The van der Waals surface area contributed by atoms with Gasteiger partial charge in [-0.3, -0.25) is 4.79 Å². The van der Waals surface area contributed by atoms with Crippen molar-refractivity contribution in [2.24, 2.45) is 0 Å². The highest BCUT2D eigenvalue weighted by molar-refractivity contribution is 7.90. The Bertz CT molecular complexity index is 1470. The summed E-state index contributed by atoms with van der Waals surface area (Å²) in [6.07, 6.45) is 8.61. The molecule has 43 heavy (non-hydrogen) atoms. The van der Waals surface area contributed by atoms with Crippen molar-refractivity contribution >= 4 is 28.8 Å². The molecule has 4 aromatic rings. The molecule has 0 fully saturated rings. The normalized spacial score (nSPS) is 12.2. The van der Waals surface area contributed by atoms with Crippen LogP contribution in [0.2, 0.25) is 0 Å². The molecule has 4 rings (SSSR count). The smallest absolute Gasteiger partial charge is 0.251 e. The third-order valence-corrected chi connectivity index (χ3v) is 8.23. The van der Waals surface area contributed by atoms with Crippen LogP contribution in [0.3, 0.4) is 0 Å². The minimum absolute atomic E-state index is 0.192. The summed E-state index contributed by atoms with van der Waals surface area (Å²) in [5.74, 6) is 1.02. The quantitative estimate of drug-likeness (QED) is 0.0818. The summed E-state index contributed by atoms with van der Waals surface area (Å²) >= 11 is -1.20. The van der Waals surface area contributed by atoms with Gasteiger partial charge >= 0.3 is 0 Å². The van der Waals surface area contributed by atoms with Gasteiger partial charge in [-0.05, 0) is 96.2 Å². The summed E-state index contributed by atoms with van der Waals surface area (Å²) in [4.78, 5) is 17.8. The van der Waals surface area contributed by atoms with Crippen LogP contribution in [0.25, 0.3) is 17.2 Å². The molecule has 0 saturated heterocycles. The van der Waals surface area contributed by atoms with Crippen molar-refractivity contribution < 1.29 is 18.8 Å². The first kappa shape index (κ1) is 32.1. The van der Waals surface area contributed by atoms with Gasteiger partial charge in [0.2, 0.25) is 0 Å². The van der Waals surface area contributed by atoms with Gasteiger partial charge in [-0.2, -0.15) is 0 Å². The number of anilines is 1. The van der Waals surface area contributed by atoms with E-state index in [1.54, 1.807) is 43.7 Å². The van der Waals surface area contributed by atoms with Crippen molar-refractivity contribution in [2.75, 3.05) is 25.1 Å². The monoisotopic (exact) mass is 599 g/mol. The molecule has 0 aliphatic rings. The molecule has 1 N–H and O–H groups in total. The van der Waals surface area contributed by atoms with Gasteiger partial charge in [0.25, 0.3) is 5.91 Å². The molecule has 7 nitrogen and oxygen atoms in total. The Kier molecular flexibility index (Phi) is 12.5. The van der Waals surface area contributed by atoms with Gasteiger partial charge in [-0.25, -0.2) is 4.98 Å². The van der Waals surface area contributed by atoms with Crippen LogP contribution in [0.15, 0.2) is 95.8 Å². The lowest BCUT2D eigenvalue weighted by atomic mass is 10.0. The Balaban J connectivity index is 1.31. The largest absolute Gasteiger partial charge is 0.611 e. The number of nitrogens with one attached hydrogen (secondary N) is 1. The van der Waals surface area contributed by atoms with Crippen molar-refractivity contribution in [1.29, 1.82) is 0 Å². The Morgan fingerprint density at radius 2 is 1.77 bits per heavy atom. The van der Waals surface area contributed by atoms with Gasteiger partial charge in [0.05, 0.1) is 24.8 Å². The lowest BCUT2D eigenvalue weighted by Crippen LogP contribution is -2.13. The van der Waals surface area contributed by atoms with E-state index in [1.807, 2.05) is 53.1 Å². The number of imidazole rings is 1. The maximum atomic E-state index is 12.9. The van der Waals surface area contributed by atoms with Gasteiger partial charge in [0.1, 0.15) is 12.4 Å². The Morgan fingerprint density at radius 1 is 0.977 bits per heavy atom. The molecule has 1 unspecified atom stereocenters. The van der Waals surface area contributed by atoms with Crippen LogP contribution < -0.4 is 10.1 Å². The van der Waals surface area contributed by atoms with Crippen molar-refractivity contribution in [1.82, 2.24) is 9.55 Å². The highest BCUT2D eigenvalue weighted by Crippen LogP contribution is 2.25. The van der Waals surface area contributed by atoms with Crippen LogP contribution in [0.1, 0.15) is 51.3 Å². The van der Waals surface area contributed by atoms with Crippen LogP contribution in [-0.2, 0) is 33.0 Å². The highest BCUT2D eigenvalue weighted by Gasteiger charge is 2.15. The minimum Gasteiger partial charge on any atom is -0.611 e. The number of hydrogen-bond acceptors (Lipinski definition) is 5. The van der Waals surface area contributed by atoms with Crippen molar-refractivity contribution in [3.63, 3.8) is 0 Å². The van der Waals surface area contributed by atoms with Gasteiger partial charge in [-0.15, -0.1) is 0 Å². The number of ether oxygens (including phenoxy) is 2. The summed E-state index contributed by atoms with van der Waals surface area (Å²) in [5, 5.41) is 2.94. The minimum atomic E-state index is -1.20. The summed E-state index contributed by atoms with van der Waals surface area (Å²) < 4.78 is 26.3. The van der Waals surface area contributed by atoms with Crippen molar-refractivity contribution in [3.05, 3.63) is 102 Å². The predicted octanol–water partition coefficient (Wildman–Crippen LogP) is 7.51. The first-order chi connectivity index (χ1) is 21.0. The topological polar surface area (TPSA) is 88.4 Å². The number of hydrogen-bond donors (Lipinski definition) is 1. The summed E-state index contributed by atoms with van der Waals surface area (Å²) in [6.45, 7) is 8.78. The molecule has 3 aromatic carbocycles. The second kappa shape index (κ2) is 16.7. The molecule has 0 aliphatic carbocycles. The van der Waals surface area contributed by atoms with Crippen LogP contribution in [0.4, 0.5) is 5.69 Å². The van der Waals surface area contributed by atoms with E-state index in [0.717, 1.165) is 60.5 Å². The van der Waals surface area contributed by atoms with E-state index in [-0.39, 0.29) is 5.91 Å². The average Bonchev–Trinajstić information content (AvgIpc) is 3.46. The molecular weight excluding hydrogens is 558 g/mol. The molecule has 8 heteroatoms. The van der Waals surface area contributed by atoms with E-state index in [0.29, 0.717) is 35.1 Å². The number of rotatable bonds is 16. The highest BCUT2D eigenvalue weighted by atomic mass is 32.2. The van der Waals surface area contributed by atoms with Crippen molar-refractivity contribution in [2.45, 2.75) is 57.2 Å². The zero-order chi connectivity index (χ0) is 30.4. The lowest BCUT2D eigenvalue weighted by molar-refractivity contribution is -0.112. The summed E-state index contributed by atoms with van der Waals surface area (Å²) in [7, 11) is 0. The summed E-state index contributed by atoms with van der Waals surface area (Å²) in [6, 6.07) is 23.2. The molecule has 0 aliphatic heterocycles.